The summed E-state index contributed by atoms with van der Waals surface area (Å²) in [7, 11) is 3.95. The summed E-state index contributed by atoms with van der Waals surface area (Å²) in [6.45, 7) is 2.00. The molecular weight excluding hydrogens is 254 g/mol. The summed E-state index contributed by atoms with van der Waals surface area (Å²) < 4.78 is 0. The lowest BCUT2D eigenvalue weighted by Crippen LogP contribution is -2.09. The van der Waals surface area contributed by atoms with Crippen LogP contribution in [0.25, 0.3) is 5.57 Å². The molecule has 0 saturated carbocycles. The van der Waals surface area contributed by atoms with Crippen molar-refractivity contribution in [2.24, 2.45) is 0 Å². The fourth-order valence-electron chi connectivity index (χ4n) is 1.62. The first-order valence-corrected chi connectivity index (χ1v) is 6.00. The molecule has 0 radical (unpaired) electrons. The average Bonchev–Trinajstić information content (AvgIpc) is 2.95. The van der Waals surface area contributed by atoms with Crippen LogP contribution in [0.15, 0.2) is 24.4 Å². The van der Waals surface area contributed by atoms with E-state index >= 15 is 0 Å². The molecule has 1 aromatic heterocycles. The largest absolute Gasteiger partial charge is 0.378 e. The number of nitrogens with zero attached hydrogens (tertiary/aromatic N) is 5. The van der Waals surface area contributed by atoms with E-state index in [-0.39, 0.29) is 5.82 Å². The second kappa shape index (κ2) is 5.84. The Morgan fingerprint density at radius 2 is 2.25 bits per heavy atom. The van der Waals surface area contributed by atoms with Crippen molar-refractivity contribution >= 4 is 16.9 Å². The fraction of sp³-hybridized carbons (Fsp3) is 0.231. The molecule has 0 amide bonds. The van der Waals surface area contributed by atoms with E-state index in [1.807, 2.05) is 50.2 Å². The highest BCUT2D eigenvalue weighted by Gasteiger charge is 2.06. The summed E-state index contributed by atoms with van der Waals surface area (Å²) in [6.07, 6.45) is 1.58. The molecule has 0 aliphatic carbocycles. The van der Waals surface area contributed by atoms with E-state index in [0.29, 0.717) is 5.57 Å². The minimum absolute atomic E-state index is 0.265. The van der Waals surface area contributed by atoms with Crippen molar-refractivity contribution in [3.63, 3.8) is 0 Å². The van der Waals surface area contributed by atoms with Crippen LogP contribution in [0.5, 0.6) is 0 Å². The number of tetrazole rings is 1. The zero-order chi connectivity index (χ0) is 14.5. The Kier molecular flexibility index (Phi) is 3.96. The molecule has 2 rings (SSSR count). The highest BCUT2D eigenvalue weighted by molar-refractivity contribution is 5.75. The number of hydrogen-bond donors (Lipinski definition) is 2. The van der Waals surface area contributed by atoms with Crippen LogP contribution in [0.3, 0.4) is 0 Å². The zero-order valence-corrected chi connectivity index (χ0v) is 11.5. The van der Waals surface area contributed by atoms with Gasteiger partial charge in [-0.1, -0.05) is 6.07 Å². The first-order chi connectivity index (χ1) is 9.61. The van der Waals surface area contributed by atoms with Gasteiger partial charge in [0.2, 0.25) is 5.82 Å². The van der Waals surface area contributed by atoms with Gasteiger partial charge in [-0.2, -0.15) is 10.5 Å². The topological polar surface area (TPSA) is 93.5 Å². The van der Waals surface area contributed by atoms with Gasteiger partial charge in [0.05, 0.1) is 0 Å². The van der Waals surface area contributed by atoms with Crippen molar-refractivity contribution in [1.29, 1.82) is 5.26 Å². The Morgan fingerprint density at radius 1 is 1.45 bits per heavy atom. The molecule has 20 heavy (non-hydrogen) atoms. The summed E-state index contributed by atoms with van der Waals surface area (Å²) in [4.78, 5) is 2.01. The van der Waals surface area contributed by atoms with Crippen LogP contribution in [0.1, 0.15) is 11.4 Å². The van der Waals surface area contributed by atoms with Gasteiger partial charge in [-0.15, -0.1) is 10.2 Å². The SMILES string of the molecule is Cc1ccc(N(C)C)cc1NC=C(C#N)c1nn[nH]n1. The first kappa shape index (κ1) is 13.5. The molecule has 0 aliphatic heterocycles. The smallest absolute Gasteiger partial charge is 0.216 e. The summed E-state index contributed by atoms with van der Waals surface area (Å²) >= 11 is 0. The van der Waals surface area contributed by atoms with Crippen molar-refractivity contribution in [3.8, 4) is 6.07 Å². The second-order valence-corrected chi connectivity index (χ2v) is 4.44. The van der Waals surface area contributed by atoms with Crippen molar-refractivity contribution in [1.82, 2.24) is 20.6 Å². The maximum atomic E-state index is 9.10. The Labute approximate surface area is 116 Å². The Balaban J connectivity index is 2.26. The number of rotatable bonds is 4. The molecule has 1 heterocycles. The summed E-state index contributed by atoms with van der Waals surface area (Å²) in [6, 6.07) is 8.10. The maximum Gasteiger partial charge on any atom is 0.216 e. The van der Waals surface area contributed by atoms with Gasteiger partial charge in [0.1, 0.15) is 11.6 Å². The van der Waals surface area contributed by atoms with Crippen LogP contribution >= 0.6 is 0 Å². The lowest BCUT2D eigenvalue weighted by molar-refractivity contribution is 0.881. The third kappa shape index (κ3) is 2.92. The van der Waals surface area contributed by atoms with Gasteiger partial charge in [-0.05, 0) is 29.8 Å². The highest BCUT2D eigenvalue weighted by atomic mass is 15.5. The minimum atomic E-state index is 0.265. The fourth-order valence-corrected chi connectivity index (χ4v) is 1.62. The molecule has 0 bridgehead atoms. The van der Waals surface area contributed by atoms with Crippen molar-refractivity contribution in [2.75, 3.05) is 24.3 Å². The van der Waals surface area contributed by atoms with E-state index in [1.54, 1.807) is 6.20 Å². The summed E-state index contributed by atoms with van der Waals surface area (Å²) in [5, 5.41) is 25.5. The van der Waals surface area contributed by atoms with Crippen LogP contribution in [0.4, 0.5) is 11.4 Å². The van der Waals surface area contributed by atoms with Gasteiger partial charge in [0, 0.05) is 31.7 Å². The van der Waals surface area contributed by atoms with Crippen molar-refractivity contribution < 1.29 is 0 Å². The van der Waals surface area contributed by atoms with E-state index in [1.165, 1.54) is 0 Å². The second-order valence-electron chi connectivity index (χ2n) is 4.44. The van der Waals surface area contributed by atoms with Crippen LogP contribution in [-0.4, -0.2) is 34.7 Å². The number of aryl methyl sites for hydroxylation is 1. The van der Waals surface area contributed by atoms with Gasteiger partial charge in [0.15, 0.2) is 0 Å². The number of anilines is 2. The number of nitrogens with one attached hydrogen (secondary N) is 2. The van der Waals surface area contributed by atoms with Crippen LogP contribution in [0, 0.1) is 18.3 Å². The molecule has 0 unspecified atom stereocenters. The van der Waals surface area contributed by atoms with E-state index in [9.17, 15) is 0 Å². The first-order valence-electron chi connectivity index (χ1n) is 6.00. The Bertz CT molecular complexity index is 650. The lowest BCUT2D eigenvalue weighted by Gasteiger charge is -2.15. The van der Waals surface area contributed by atoms with E-state index in [2.05, 4.69) is 25.9 Å². The number of aromatic amines is 1. The Morgan fingerprint density at radius 3 is 2.85 bits per heavy atom. The average molecular weight is 269 g/mol. The number of H-pyrrole nitrogens is 1. The molecule has 7 heteroatoms. The predicted octanol–water partition coefficient (Wildman–Crippen LogP) is 1.55. The molecule has 0 saturated heterocycles. The standard InChI is InChI=1S/C13H15N7/c1-9-4-5-11(20(2)3)6-12(9)15-8-10(7-14)13-16-18-19-17-13/h4-6,8,15H,1-3H3,(H,16,17,18,19). The highest BCUT2D eigenvalue weighted by Crippen LogP contribution is 2.22. The minimum Gasteiger partial charge on any atom is -0.378 e. The van der Waals surface area contributed by atoms with E-state index in [4.69, 9.17) is 5.26 Å². The number of hydrogen-bond acceptors (Lipinski definition) is 6. The summed E-state index contributed by atoms with van der Waals surface area (Å²) in [5.41, 5.74) is 3.39. The molecule has 102 valence electrons. The van der Waals surface area contributed by atoms with Crippen LogP contribution < -0.4 is 10.2 Å². The van der Waals surface area contributed by atoms with E-state index in [0.717, 1.165) is 16.9 Å². The molecule has 0 aliphatic rings. The zero-order valence-electron chi connectivity index (χ0n) is 11.5. The van der Waals surface area contributed by atoms with E-state index < -0.39 is 0 Å². The van der Waals surface area contributed by atoms with Gasteiger partial charge < -0.3 is 10.2 Å². The molecule has 2 N–H and O–H groups in total. The molecule has 2 aromatic rings. The third-order valence-corrected chi connectivity index (χ3v) is 2.82. The molecule has 1 aromatic carbocycles. The van der Waals surface area contributed by atoms with Gasteiger partial charge in [0.25, 0.3) is 0 Å². The van der Waals surface area contributed by atoms with Crippen LogP contribution in [-0.2, 0) is 0 Å². The molecule has 7 nitrogen and oxygen atoms in total. The van der Waals surface area contributed by atoms with Crippen molar-refractivity contribution in [2.45, 2.75) is 6.92 Å². The van der Waals surface area contributed by atoms with Gasteiger partial charge in [-0.25, -0.2) is 0 Å². The van der Waals surface area contributed by atoms with Gasteiger partial charge in [-0.3, -0.25) is 0 Å². The lowest BCUT2D eigenvalue weighted by atomic mass is 10.1. The normalized spacial score (nSPS) is 11.0. The molecule has 0 spiro atoms. The maximum absolute atomic E-state index is 9.10. The van der Waals surface area contributed by atoms with Crippen molar-refractivity contribution in [3.05, 3.63) is 35.8 Å². The Hall–Kier alpha value is -2.88. The monoisotopic (exact) mass is 269 g/mol. The predicted molar refractivity (Wildman–Crippen MR) is 76.9 cm³/mol. The number of benzene rings is 1. The molecule has 0 atom stereocenters. The molecule has 0 fully saturated rings. The third-order valence-electron chi connectivity index (χ3n) is 2.82. The molecular formula is C13H15N7. The number of nitriles is 1. The number of aromatic nitrogens is 4. The van der Waals surface area contributed by atoms with Gasteiger partial charge >= 0.3 is 0 Å². The summed E-state index contributed by atoms with van der Waals surface area (Å²) in [5.74, 6) is 0.265. The quantitative estimate of drug-likeness (QED) is 0.818. The number of allylic oxidation sites excluding steroid dienone is 1. The van der Waals surface area contributed by atoms with Crippen LogP contribution in [0.2, 0.25) is 0 Å².